The van der Waals surface area contributed by atoms with Crippen molar-refractivity contribution in [3.05, 3.63) is 84.0 Å². The van der Waals surface area contributed by atoms with Crippen LogP contribution in [0.25, 0.3) is 17.7 Å². The number of nitrogens with one attached hydrogen (secondary N) is 1. The van der Waals surface area contributed by atoms with Gasteiger partial charge in [0.25, 0.3) is 15.9 Å². The standard InChI is InChI=1S/C26H25N5O5S/c1-3-17-35-26-22(36-21-13-8-7-12-20(21)34-2)23(29-25(30-26)24-27-15-9-16-28-24)31-37(32,33)18-14-19-10-5-4-6-11-19/h4-16,18H,3,17H2,1-2H3,(H,29,30,31). The van der Waals surface area contributed by atoms with Gasteiger partial charge in [0, 0.05) is 12.4 Å². The van der Waals surface area contributed by atoms with Crippen LogP contribution in [0, 0.1) is 0 Å². The van der Waals surface area contributed by atoms with Crippen molar-refractivity contribution < 1.29 is 22.6 Å². The summed E-state index contributed by atoms with van der Waals surface area (Å²) in [5.41, 5.74) is 0.714. The van der Waals surface area contributed by atoms with Gasteiger partial charge in [0.15, 0.2) is 23.1 Å². The number of aromatic nitrogens is 4. The molecule has 0 saturated carbocycles. The second-order valence-electron chi connectivity index (χ2n) is 7.56. The lowest BCUT2D eigenvalue weighted by Gasteiger charge is -2.17. The Bertz CT molecular complexity index is 1470. The molecule has 0 aliphatic rings. The van der Waals surface area contributed by atoms with Gasteiger partial charge in [-0.25, -0.2) is 23.4 Å². The Balaban J connectivity index is 1.82. The topological polar surface area (TPSA) is 125 Å². The molecule has 2 heterocycles. The van der Waals surface area contributed by atoms with Gasteiger partial charge in [0.2, 0.25) is 11.6 Å². The van der Waals surface area contributed by atoms with Gasteiger partial charge in [-0.1, -0.05) is 49.4 Å². The monoisotopic (exact) mass is 519 g/mol. The molecule has 1 N–H and O–H groups in total. The molecule has 0 spiro atoms. The number of sulfonamides is 1. The first-order chi connectivity index (χ1) is 18.0. The van der Waals surface area contributed by atoms with Crippen molar-refractivity contribution in [2.24, 2.45) is 0 Å². The molecule has 2 aromatic heterocycles. The summed E-state index contributed by atoms with van der Waals surface area (Å²) in [5, 5.41) is 1.04. The van der Waals surface area contributed by atoms with E-state index < -0.39 is 10.0 Å². The van der Waals surface area contributed by atoms with Gasteiger partial charge in [0.05, 0.1) is 19.1 Å². The molecule has 0 saturated heterocycles. The molecule has 4 rings (SSSR count). The lowest BCUT2D eigenvalue weighted by atomic mass is 10.2. The number of para-hydroxylation sites is 2. The summed E-state index contributed by atoms with van der Waals surface area (Å²) in [6.45, 7) is 2.23. The summed E-state index contributed by atoms with van der Waals surface area (Å²) >= 11 is 0. The zero-order chi connectivity index (χ0) is 26.1. The smallest absolute Gasteiger partial charge is 0.263 e. The Hall–Kier alpha value is -4.51. The molecule has 0 unspecified atom stereocenters. The highest BCUT2D eigenvalue weighted by Gasteiger charge is 2.24. The van der Waals surface area contributed by atoms with Gasteiger partial charge in [-0.15, -0.1) is 0 Å². The Labute approximate surface area is 215 Å². The van der Waals surface area contributed by atoms with Gasteiger partial charge < -0.3 is 14.2 Å². The van der Waals surface area contributed by atoms with Gasteiger partial charge in [-0.05, 0) is 36.3 Å². The quantitative estimate of drug-likeness (QED) is 0.293. The number of methoxy groups -OCH3 is 1. The van der Waals surface area contributed by atoms with Crippen LogP contribution in [0.15, 0.2) is 78.5 Å². The third-order valence-corrected chi connectivity index (χ3v) is 5.77. The molecule has 11 heteroatoms. The fraction of sp³-hybridized carbons (Fsp3) is 0.154. The van der Waals surface area contributed by atoms with Crippen LogP contribution in [0.4, 0.5) is 5.82 Å². The highest BCUT2D eigenvalue weighted by molar-refractivity contribution is 7.95. The highest BCUT2D eigenvalue weighted by atomic mass is 32.2. The van der Waals surface area contributed by atoms with E-state index in [1.54, 1.807) is 42.5 Å². The number of anilines is 1. The lowest BCUT2D eigenvalue weighted by molar-refractivity contribution is 0.287. The van der Waals surface area contributed by atoms with Gasteiger partial charge in [0.1, 0.15) is 0 Å². The van der Waals surface area contributed by atoms with Gasteiger partial charge in [-0.2, -0.15) is 4.98 Å². The Morgan fingerprint density at radius 1 is 0.892 bits per heavy atom. The van der Waals surface area contributed by atoms with Crippen LogP contribution in [0.5, 0.6) is 23.1 Å². The van der Waals surface area contributed by atoms with Crippen LogP contribution in [0.3, 0.4) is 0 Å². The number of benzene rings is 2. The number of ether oxygens (including phenoxy) is 3. The van der Waals surface area contributed by atoms with Crippen molar-refractivity contribution in [1.29, 1.82) is 0 Å². The third kappa shape index (κ3) is 6.79. The molecular weight excluding hydrogens is 494 g/mol. The van der Waals surface area contributed by atoms with Crippen LogP contribution in [-0.2, 0) is 10.0 Å². The molecule has 37 heavy (non-hydrogen) atoms. The van der Waals surface area contributed by atoms with E-state index in [-0.39, 0.29) is 29.1 Å². The number of nitrogens with zero attached hydrogens (tertiary/aromatic N) is 4. The zero-order valence-corrected chi connectivity index (χ0v) is 21.1. The van der Waals surface area contributed by atoms with E-state index in [1.165, 1.54) is 25.6 Å². The lowest BCUT2D eigenvalue weighted by Crippen LogP contribution is -2.14. The fourth-order valence-electron chi connectivity index (χ4n) is 3.12. The van der Waals surface area contributed by atoms with Crippen molar-refractivity contribution in [2.45, 2.75) is 13.3 Å². The fourth-order valence-corrected chi connectivity index (χ4v) is 3.93. The maximum absolute atomic E-state index is 13.1. The van der Waals surface area contributed by atoms with E-state index >= 15 is 0 Å². The summed E-state index contributed by atoms with van der Waals surface area (Å²) in [7, 11) is -2.53. The molecule has 0 aliphatic carbocycles. The maximum atomic E-state index is 13.1. The molecule has 190 valence electrons. The number of rotatable bonds is 11. The number of hydrogen-bond acceptors (Lipinski definition) is 9. The van der Waals surface area contributed by atoms with E-state index in [0.29, 0.717) is 30.1 Å². The first kappa shape index (κ1) is 25.6. The zero-order valence-electron chi connectivity index (χ0n) is 20.2. The summed E-state index contributed by atoms with van der Waals surface area (Å²) in [6.07, 6.45) is 5.21. The third-order valence-electron chi connectivity index (χ3n) is 4.80. The summed E-state index contributed by atoms with van der Waals surface area (Å²) in [4.78, 5) is 17.2. The summed E-state index contributed by atoms with van der Waals surface area (Å²) in [6, 6.07) is 17.6. The van der Waals surface area contributed by atoms with Gasteiger partial charge >= 0.3 is 0 Å². The largest absolute Gasteiger partial charge is 0.493 e. The van der Waals surface area contributed by atoms with Crippen LogP contribution < -0.4 is 18.9 Å². The van der Waals surface area contributed by atoms with E-state index in [2.05, 4.69) is 24.7 Å². The molecular formula is C26H25N5O5S. The summed E-state index contributed by atoms with van der Waals surface area (Å²) in [5.74, 6) is 0.837. The van der Waals surface area contributed by atoms with Crippen LogP contribution >= 0.6 is 0 Å². The first-order valence-corrected chi connectivity index (χ1v) is 12.9. The number of hydrogen-bond donors (Lipinski definition) is 1. The van der Waals surface area contributed by atoms with Gasteiger partial charge in [-0.3, -0.25) is 4.72 Å². The average Bonchev–Trinajstić information content (AvgIpc) is 2.93. The highest BCUT2D eigenvalue weighted by Crippen LogP contribution is 2.41. The Morgan fingerprint density at radius 3 is 2.30 bits per heavy atom. The van der Waals surface area contributed by atoms with Crippen molar-refractivity contribution >= 4 is 21.9 Å². The SMILES string of the molecule is CCCOc1nc(-c2ncccn2)nc(NS(=O)(=O)C=Cc2ccccc2)c1Oc1ccccc1OC. The van der Waals surface area contributed by atoms with E-state index in [4.69, 9.17) is 14.2 Å². The van der Waals surface area contributed by atoms with Crippen molar-refractivity contribution in [1.82, 2.24) is 19.9 Å². The molecule has 0 bridgehead atoms. The van der Waals surface area contributed by atoms with Crippen LogP contribution in [0.1, 0.15) is 18.9 Å². The maximum Gasteiger partial charge on any atom is 0.263 e. The summed E-state index contributed by atoms with van der Waals surface area (Å²) < 4.78 is 45.9. The molecule has 0 aliphatic heterocycles. The van der Waals surface area contributed by atoms with E-state index in [1.807, 2.05) is 25.1 Å². The normalized spacial score (nSPS) is 11.3. The predicted octanol–water partition coefficient (Wildman–Crippen LogP) is 4.94. The molecule has 0 radical (unpaired) electrons. The van der Waals surface area contributed by atoms with Crippen molar-refractivity contribution in [2.75, 3.05) is 18.4 Å². The van der Waals surface area contributed by atoms with Crippen LogP contribution in [-0.4, -0.2) is 42.1 Å². The van der Waals surface area contributed by atoms with Crippen LogP contribution in [0.2, 0.25) is 0 Å². The van der Waals surface area contributed by atoms with Crippen molar-refractivity contribution in [3.8, 4) is 34.8 Å². The first-order valence-electron chi connectivity index (χ1n) is 11.4. The molecule has 0 fully saturated rings. The van der Waals surface area contributed by atoms with Crippen molar-refractivity contribution in [3.63, 3.8) is 0 Å². The minimum atomic E-state index is -4.03. The van der Waals surface area contributed by atoms with E-state index in [0.717, 1.165) is 5.41 Å². The molecule has 4 aromatic rings. The molecule has 2 aromatic carbocycles. The molecule has 10 nitrogen and oxygen atoms in total. The second-order valence-corrected chi connectivity index (χ2v) is 9.13. The minimum absolute atomic E-state index is 0.0231. The second kappa shape index (κ2) is 12.0. The minimum Gasteiger partial charge on any atom is -0.493 e. The molecule has 0 atom stereocenters. The molecule has 0 amide bonds. The Morgan fingerprint density at radius 2 is 1.59 bits per heavy atom. The van der Waals surface area contributed by atoms with E-state index in [9.17, 15) is 8.42 Å². The average molecular weight is 520 g/mol. The Kier molecular flexibility index (Phi) is 8.26. The predicted molar refractivity (Wildman–Crippen MR) is 140 cm³/mol.